The Morgan fingerprint density at radius 2 is 1.87 bits per heavy atom. The zero-order valence-electron chi connectivity index (χ0n) is 16.4. The van der Waals surface area contributed by atoms with Crippen LogP contribution in [0.5, 0.6) is 0 Å². The van der Waals surface area contributed by atoms with E-state index in [9.17, 15) is 9.18 Å². The fourth-order valence-electron chi connectivity index (χ4n) is 2.89. The Morgan fingerprint density at radius 1 is 1.06 bits per heavy atom. The average molecular weight is 414 g/mol. The van der Waals surface area contributed by atoms with Crippen LogP contribution in [0.25, 0.3) is 16.9 Å². The lowest BCUT2D eigenvalue weighted by atomic mass is 10.1. The molecule has 0 saturated carbocycles. The van der Waals surface area contributed by atoms with Crippen LogP contribution in [0, 0.1) is 5.82 Å². The molecule has 0 fully saturated rings. The molecule has 0 bridgehead atoms. The van der Waals surface area contributed by atoms with E-state index in [1.807, 2.05) is 48.7 Å². The summed E-state index contributed by atoms with van der Waals surface area (Å²) in [6.07, 6.45) is 6.80. The van der Waals surface area contributed by atoms with Crippen LogP contribution in [0.1, 0.15) is 5.56 Å². The molecule has 0 atom stereocenters. The van der Waals surface area contributed by atoms with Crippen molar-refractivity contribution >= 4 is 17.8 Å². The molecule has 1 amide bonds. The summed E-state index contributed by atoms with van der Waals surface area (Å²) in [5, 5.41) is 11.6. The molecular weight excluding hydrogens is 395 g/mol. The monoisotopic (exact) mass is 414 g/mol. The Balaban J connectivity index is 1.47. The predicted octanol–water partition coefficient (Wildman–Crippen LogP) is 3.64. The molecule has 2 N–H and O–H groups in total. The summed E-state index contributed by atoms with van der Waals surface area (Å²) in [6.45, 7) is 0.00170. The molecule has 0 saturated heterocycles. The van der Waals surface area contributed by atoms with Gasteiger partial charge in [0.15, 0.2) is 0 Å². The van der Waals surface area contributed by atoms with E-state index in [2.05, 4.69) is 25.9 Å². The first-order chi connectivity index (χ1) is 15.2. The van der Waals surface area contributed by atoms with Gasteiger partial charge < -0.3 is 5.32 Å². The van der Waals surface area contributed by atoms with E-state index in [1.54, 1.807) is 35.4 Å². The fourth-order valence-corrected chi connectivity index (χ4v) is 2.89. The van der Waals surface area contributed by atoms with Crippen molar-refractivity contribution < 1.29 is 9.18 Å². The van der Waals surface area contributed by atoms with Gasteiger partial charge in [-0.2, -0.15) is 10.2 Å². The smallest absolute Gasteiger partial charge is 0.259 e. The molecule has 0 aliphatic rings. The molecule has 0 unspecified atom stereocenters. The number of carbonyl (C=O) groups is 1. The normalized spacial score (nSPS) is 10.9. The lowest BCUT2D eigenvalue weighted by molar-refractivity contribution is -0.119. The van der Waals surface area contributed by atoms with Crippen LogP contribution in [-0.4, -0.2) is 33.4 Å². The second-order valence-corrected chi connectivity index (χ2v) is 6.61. The van der Waals surface area contributed by atoms with Gasteiger partial charge >= 0.3 is 0 Å². The molecule has 0 aliphatic carbocycles. The third-order valence-electron chi connectivity index (χ3n) is 4.39. The largest absolute Gasteiger partial charge is 0.376 e. The number of rotatable bonds is 7. The maximum Gasteiger partial charge on any atom is 0.259 e. The van der Waals surface area contributed by atoms with E-state index < -0.39 is 0 Å². The first-order valence-electron chi connectivity index (χ1n) is 9.56. The van der Waals surface area contributed by atoms with Gasteiger partial charge in [-0.25, -0.2) is 14.5 Å². The van der Waals surface area contributed by atoms with Crippen LogP contribution in [0.4, 0.5) is 10.1 Å². The van der Waals surface area contributed by atoms with Crippen molar-refractivity contribution in [2.45, 2.75) is 0 Å². The van der Waals surface area contributed by atoms with Gasteiger partial charge in [0.05, 0.1) is 18.4 Å². The van der Waals surface area contributed by atoms with E-state index in [0.29, 0.717) is 11.4 Å². The summed E-state index contributed by atoms with van der Waals surface area (Å²) < 4.78 is 14.7. The summed E-state index contributed by atoms with van der Waals surface area (Å²) in [7, 11) is 0. The summed E-state index contributed by atoms with van der Waals surface area (Å²) in [5.41, 5.74) is 6.28. The number of nitrogens with zero attached hydrogens (tertiary/aromatic N) is 4. The van der Waals surface area contributed by atoms with E-state index in [-0.39, 0.29) is 18.3 Å². The SMILES string of the molecule is O=C(CNc1ccc(F)cc1)N/N=C/c1cn(-c2ccccc2)nc1-c1cccnc1. The Hall–Kier alpha value is -4.33. The van der Waals surface area contributed by atoms with Crippen LogP contribution in [0.2, 0.25) is 0 Å². The zero-order chi connectivity index (χ0) is 21.5. The molecule has 4 rings (SSSR count). The van der Waals surface area contributed by atoms with E-state index in [4.69, 9.17) is 0 Å². The molecule has 2 heterocycles. The molecule has 154 valence electrons. The number of hydrogen-bond acceptors (Lipinski definition) is 5. The highest BCUT2D eigenvalue weighted by Crippen LogP contribution is 2.21. The molecule has 8 heteroatoms. The van der Waals surface area contributed by atoms with Gasteiger partial charge in [-0.1, -0.05) is 18.2 Å². The third kappa shape index (κ3) is 5.18. The molecule has 2 aromatic carbocycles. The highest BCUT2D eigenvalue weighted by Gasteiger charge is 2.11. The van der Waals surface area contributed by atoms with E-state index >= 15 is 0 Å². The molecule has 0 aliphatic heterocycles. The Morgan fingerprint density at radius 3 is 2.61 bits per heavy atom. The minimum absolute atomic E-state index is 0.00170. The fraction of sp³-hybridized carbons (Fsp3) is 0.0435. The summed E-state index contributed by atoms with van der Waals surface area (Å²) in [4.78, 5) is 16.2. The van der Waals surface area contributed by atoms with Gasteiger partial charge in [-0.3, -0.25) is 9.78 Å². The lowest BCUT2D eigenvalue weighted by Crippen LogP contribution is -2.25. The maximum absolute atomic E-state index is 12.9. The number of halogens is 1. The number of nitrogens with one attached hydrogen (secondary N) is 2. The standard InChI is InChI=1S/C23H19FN6O/c24-19-8-10-20(11-9-19)26-15-22(31)28-27-14-18-16-30(21-6-2-1-3-7-21)29-23(18)17-5-4-12-25-13-17/h1-14,16,26H,15H2,(H,28,31)/b27-14+. The summed E-state index contributed by atoms with van der Waals surface area (Å²) in [6, 6.07) is 19.2. The van der Waals surface area contributed by atoms with Crippen molar-refractivity contribution in [1.82, 2.24) is 20.2 Å². The molecule has 0 radical (unpaired) electrons. The molecule has 7 nitrogen and oxygen atoms in total. The van der Waals surface area contributed by atoms with Gasteiger partial charge in [-0.15, -0.1) is 0 Å². The highest BCUT2D eigenvalue weighted by atomic mass is 19.1. The number of pyridine rings is 1. The average Bonchev–Trinajstić information content (AvgIpc) is 3.24. The molecule has 0 spiro atoms. The molecule has 4 aromatic rings. The molecule has 31 heavy (non-hydrogen) atoms. The number of anilines is 1. The second-order valence-electron chi connectivity index (χ2n) is 6.61. The third-order valence-corrected chi connectivity index (χ3v) is 4.39. The Kier molecular flexibility index (Phi) is 6.08. The first-order valence-corrected chi connectivity index (χ1v) is 9.56. The number of amides is 1. The first kappa shape index (κ1) is 20.0. The van der Waals surface area contributed by atoms with Crippen molar-refractivity contribution in [2.24, 2.45) is 5.10 Å². The van der Waals surface area contributed by atoms with Gasteiger partial charge in [0, 0.05) is 35.4 Å². The van der Waals surface area contributed by atoms with Crippen LogP contribution in [0.3, 0.4) is 0 Å². The van der Waals surface area contributed by atoms with E-state index in [0.717, 1.165) is 16.8 Å². The van der Waals surface area contributed by atoms with E-state index in [1.165, 1.54) is 12.1 Å². The Labute approximate surface area is 178 Å². The predicted molar refractivity (Wildman–Crippen MR) is 117 cm³/mol. The van der Waals surface area contributed by atoms with Crippen LogP contribution in [-0.2, 0) is 4.79 Å². The van der Waals surface area contributed by atoms with Gasteiger partial charge in [-0.05, 0) is 48.5 Å². The van der Waals surface area contributed by atoms with Crippen molar-refractivity contribution in [1.29, 1.82) is 0 Å². The van der Waals surface area contributed by atoms with Crippen molar-refractivity contribution in [3.05, 3.63) is 96.7 Å². The van der Waals surface area contributed by atoms with Crippen molar-refractivity contribution in [3.63, 3.8) is 0 Å². The minimum Gasteiger partial charge on any atom is -0.376 e. The number of para-hydroxylation sites is 1. The zero-order valence-corrected chi connectivity index (χ0v) is 16.4. The van der Waals surface area contributed by atoms with Crippen LogP contribution in [0.15, 0.2) is 90.4 Å². The number of aromatic nitrogens is 3. The van der Waals surface area contributed by atoms with Gasteiger partial charge in [0.2, 0.25) is 0 Å². The van der Waals surface area contributed by atoms with Crippen molar-refractivity contribution in [3.8, 4) is 16.9 Å². The van der Waals surface area contributed by atoms with Gasteiger partial charge in [0.25, 0.3) is 5.91 Å². The topological polar surface area (TPSA) is 84.2 Å². The minimum atomic E-state index is -0.334. The number of hydrogen-bond donors (Lipinski definition) is 2. The summed E-state index contributed by atoms with van der Waals surface area (Å²) in [5.74, 6) is -0.668. The number of benzene rings is 2. The molecular formula is C23H19FN6O. The lowest BCUT2D eigenvalue weighted by Gasteiger charge is -2.04. The quantitative estimate of drug-likeness (QED) is 0.357. The van der Waals surface area contributed by atoms with Gasteiger partial charge in [0.1, 0.15) is 11.5 Å². The number of hydrazone groups is 1. The van der Waals surface area contributed by atoms with Crippen LogP contribution < -0.4 is 10.7 Å². The highest BCUT2D eigenvalue weighted by molar-refractivity contribution is 5.90. The maximum atomic E-state index is 12.9. The Bertz CT molecular complexity index is 1170. The van der Waals surface area contributed by atoms with Crippen molar-refractivity contribution in [2.75, 3.05) is 11.9 Å². The molecule has 2 aromatic heterocycles. The number of carbonyl (C=O) groups excluding carboxylic acids is 1. The van der Waals surface area contributed by atoms with Crippen LogP contribution >= 0.6 is 0 Å². The second kappa shape index (κ2) is 9.45. The summed E-state index contributed by atoms with van der Waals surface area (Å²) >= 11 is 0.